The summed E-state index contributed by atoms with van der Waals surface area (Å²) in [6, 6.07) is 6.03. The first-order valence-electron chi connectivity index (χ1n) is 8.64. The number of likely N-dealkylation sites (tertiary alicyclic amines) is 1. The van der Waals surface area contributed by atoms with Crippen LogP contribution < -0.4 is 4.74 Å². The van der Waals surface area contributed by atoms with Crippen LogP contribution in [0.2, 0.25) is 0 Å². The summed E-state index contributed by atoms with van der Waals surface area (Å²) < 4.78 is 5.71. The van der Waals surface area contributed by atoms with Crippen molar-refractivity contribution in [1.82, 2.24) is 4.90 Å². The number of hydrogen-bond acceptors (Lipinski definition) is 3. The van der Waals surface area contributed by atoms with E-state index in [2.05, 4.69) is 6.07 Å². The van der Waals surface area contributed by atoms with Gasteiger partial charge in [0.05, 0.1) is 13.0 Å². The molecule has 1 saturated heterocycles. The van der Waals surface area contributed by atoms with Gasteiger partial charge in [-0.05, 0) is 62.3 Å². The topological polar surface area (TPSA) is 66.8 Å². The molecule has 2 rings (SSSR count). The zero-order valence-electron chi connectivity index (χ0n) is 14.6. The molecule has 1 heterocycles. The largest absolute Gasteiger partial charge is 0.493 e. The van der Waals surface area contributed by atoms with Crippen molar-refractivity contribution in [3.05, 3.63) is 29.3 Å². The SMILES string of the molecule is Cc1cc(C)cc(OCCC(=O)N2CCCC(CCC(=O)O)C2)c1. The summed E-state index contributed by atoms with van der Waals surface area (Å²) in [6.07, 6.45) is 3.16. The highest BCUT2D eigenvalue weighted by Gasteiger charge is 2.23. The number of aliphatic carboxylic acids is 1. The molecule has 24 heavy (non-hydrogen) atoms. The number of hydrogen-bond donors (Lipinski definition) is 1. The highest BCUT2D eigenvalue weighted by molar-refractivity contribution is 5.76. The van der Waals surface area contributed by atoms with Crippen LogP contribution in [0.5, 0.6) is 5.75 Å². The number of nitrogens with zero attached hydrogens (tertiary/aromatic N) is 1. The standard InChI is InChI=1S/C19H27NO4/c1-14-10-15(2)12-17(11-14)24-9-7-18(21)20-8-3-4-16(13-20)5-6-19(22)23/h10-12,16H,3-9,13H2,1-2H3,(H,22,23). The number of piperidine rings is 1. The van der Waals surface area contributed by atoms with Gasteiger partial charge >= 0.3 is 5.97 Å². The van der Waals surface area contributed by atoms with Crippen LogP contribution in [0.15, 0.2) is 18.2 Å². The molecule has 1 atom stereocenters. The molecule has 132 valence electrons. The lowest BCUT2D eigenvalue weighted by Gasteiger charge is -2.32. The van der Waals surface area contributed by atoms with E-state index >= 15 is 0 Å². The van der Waals surface area contributed by atoms with Gasteiger partial charge in [0.2, 0.25) is 5.91 Å². The molecule has 1 aliphatic rings. The minimum Gasteiger partial charge on any atom is -0.493 e. The monoisotopic (exact) mass is 333 g/mol. The van der Waals surface area contributed by atoms with E-state index in [9.17, 15) is 9.59 Å². The average molecular weight is 333 g/mol. The molecule has 1 aromatic rings. The van der Waals surface area contributed by atoms with Gasteiger partial charge in [-0.1, -0.05) is 6.07 Å². The summed E-state index contributed by atoms with van der Waals surface area (Å²) in [5.41, 5.74) is 2.29. The number of amides is 1. The first-order chi connectivity index (χ1) is 11.4. The fourth-order valence-corrected chi connectivity index (χ4v) is 3.29. The van der Waals surface area contributed by atoms with Gasteiger partial charge in [0.15, 0.2) is 0 Å². The molecule has 0 saturated carbocycles. The normalized spacial score (nSPS) is 17.6. The van der Waals surface area contributed by atoms with Crippen molar-refractivity contribution in [2.75, 3.05) is 19.7 Å². The van der Waals surface area contributed by atoms with Crippen LogP contribution in [0.1, 0.15) is 43.2 Å². The lowest BCUT2D eigenvalue weighted by atomic mass is 9.93. The molecule has 5 nitrogen and oxygen atoms in total. The third kappa shape index (κ3) is 5.87. The van der Waals surface area contributed by atoms with Crippen molar-refractivity contribution in [3.63, 3.8) is 0 Å². The predicted molar refractivity (Wildman–Crippen MR) is 92.2 cm³/mol. The van der Waals surface area contributed by atoms with Crippen molar-refractivity contribution in [3.8, 4) is 5.75 Å². The Morgan fingerprint density at radius 2 is 1.92 bits per heavy atom. The Morgan fingerprint density at radius 1 is 1.21 bits per heavy atom. The Balaban J connectivity index is 1.76. The number of benzene rings is 1. The Kier molecular flexibility index (Phi) is 6.64. The van der Waals surface area contributed by atoms with Gasteiger partial charge in [-0.15, -0.1) is 0 Å². The fraction of sp³-hybridized carbons (Fsp3) is 0.579. The summed E-state index contributed by atoms with van der Waals surface area (Å²) in [5.74, 6) is 0.442. The van der Waals surface area contributed by atoms with Gasteiger partial charge in [0, 0.05) is 19.5 Å². The van der Waals surface area contributed by atoms with Crippen LogP contribution in [0.4, 0.5) is 0 Å². The van der Waals surface area contributed by atoms with Gasteiger partial charge in [-0.25, -0.2) is 0 Å². The fourth-order valence-electron chi connectivity index (χ4n) is 3.29. The van der Waals surface area contributed by atoms with E-state index in [1.54, 1.807) is 0 Å². The molecule has 0 bridgehead atoms. The van der Waals surface area contributed by atoms with Crippen LogP contribution >= 0.6 is 0 Å². The third-order valence-corrected chi connectivity index (χ3v) is 4.42. The smallest absolute Gasteiger partial charge is 0.303 e. The summed E-state index contributed by atoms with van der Waals surface area (Å²) in [4.78, 5) is 24.9. The molecule has 0 aromatic heterocycles. The zero-order valence-corrected chi connectivity index (χ0v) is 14.6. The number of aryl methyl sites for hydroxylation is 2. The minimum absolute atomic E-state index is 0.0967. The van der Waals surface area contributed by atoms with E-state index in [0.717, 1.165) is 36.3 Å². The summed E-state index contributed by atoms with van der Waals surface area (Å²) >= 11 is 0. The van der Waals surface area contributed by atoms with Crippen LogP contribution in [0.3, 0.4) is 0 Å². The van der Waals surface area contributed by atoms with Crippen LogP contribution in [-0.4, -0.2) is 41.6 Å². The first-order valence-corrected chi connectivity index (χ1v) is 8.64. The average Bonchev–Trinajstić information content (AvgIpc) is 2.52. The number of carbonyl (C=O) groups is 2. The summed E-state index contributed by atoms with van der Waals surface area (Å²) in [5, 5.41) is 8.79. The third-order valence-electron chi connectivity index (χ3n) is 4.42. The maximum absolute atomic E-state index is 12.3. The second-order valence-corrected chi connectivity index (χ2v) is 6.70. The number of ether oxygens (including phenoxy) is 1. The van der Waals surface area contributed by atoms with Crippen molar-refractivity contribution < 1.29 is 19.4 Å². The Hall–Kier alpha value is -2.04. The van der Waals surface area contributed by atoms with Crippen LogP contribution in [0, 0.1) is 19.8 Å². The number of carboxylic acid groups (broad SMARTS) is 1. The van der Waals surface area contributed by atoms with Crippen molar-refractivity contribution >= 4 is 11.9 Å². The molecule has 1 amide bonds. The summed E-state index contributed by atoms with van der Waals surface area (Å²) in [7, 11) is 0. The van der Waals surface area contributed by atoms with E-state index in [1.165, 1.54) is 0 Å². The number of carboxylic acids is 1. The molecule has 5 heteroatoms. The lowest BCUT2D eigenvalue weighted by molar-refractivity contribution is -0.137. The molecule has 0 radical (unpaired) electrons. The van der Waals surface area contributed by atoms with Crippen LogP contribution in [0.25, 0.3) is 0 Å². The number of rotatable bonds is 7. The molecule has 1 fully saturated rings. The molecular formula is C19H27NO4. The van der Waals surface area contributed by atoms with Gasteiger partial charge in [-0.2, -0.15) is 0 Å². The Bertz CT molecular complexity index is 564. The molecule has 1 aliphatic heterocycles. The highest BCUT2D eigenvalue weighted by atomic mass is 16.5. The van der Waals surface area contributed by atoms with Gasteiger partial charge < -0.3 is 14.7 Å². The van der Waals surface area contributed by atoms with Crippen LogP contribution in [-0.2, 0) is 9.59 Å². The molecule has 0 aliphatic carbocycles. The molecule has 0 spiro atoms. The molecule has 1 unspecified atom stereocenters. The van der Waals surface area contributed by atoms with Gasteiger partial charge in [0.1, 0.15) is 5.75 Å². The quantitative estimate of drug-likeness (QED) is 0.832. The van der Waals surface area contributed by atoms with Gasteiger partial charge in [-0.3, -0.25) is 9.59 Å². The Morgan fingerprint density at radius 3 is 2.58 bits per heavy atom. The van der Waals surface area contributed by atoms with Crippen molar-refractivity contribution in [1.29, 1.82) is 0 Å². The highest BCUT2D eigenvalue weighted by Crippen LogP contribution is 2.22. The van der Waals surface area contributed by atoms with Gasteiger partial charge in [0.25, 0.3) is 0 Å². The van der Waals surface area contributed by atoms with E-state index in [4.69, 9.17) is 9.84 Å². The lowest BCUT2D eigenvalue weighted by Crippen LogP contribution is -2.40. The second kappa shape index (κ2) is 8.71. The minimum atomic E-state index is -0.764. The maximum Gasteiger partial charge on any atom is 0.303 e. The Labute approximate surface area is 143 Å². The maximum atomic E-state index is 12.3. The zero-order chi connectivity index (χ0) is 17.5. The second-order valence-electron chi connectivity index (χ2n) is 6.70. The molecule has 1 N–H and O–H groups in total. The van der Waals surface area contributed by atoms with Crippen molar-refractivity contribution in [2.24, 2.45) is 5.92 Å². The van der Waals surface area contributed by atoms with E-state index < -0.39 is 5.97 Å². The molecule has 1 aromatic carbocycles. The summed E-state index contributed by atoms with van der Waals surface area (Å²) in [6.45, 7) is 5.87. The predicted octanol–water partition coefficient (Wildman–Crippen LogP) is 3.18. The number of carbonyl (C=O) groups excluding carboxylic acids is 1. The first kappa shape index (κ1) is 18.3. The van der Waals surface area contributed by atoms with Crippen molar-refractivity contribution in [2.45, 2.75) is 46.0 Å². The van der Waals surface area contributed by atoms with E-state index in [1.807, 2.05) is 30.9 Å². The van der Waals surface area contributed by atoms with E-state index in [0.29, 0.717) is 31.9 Å². The molecular weight excluding hydrogens is 306 g/mol. The van der Waals surface area contributed by atoms with E-state index in [-0.39, 0.29) is 12.3 Å².